The van der Waals surface area contributed by atoms with Crippen molar-refractivity contribution in [2.75, 3.05) is 0 Å². The second kappa shape index (κ2) is 7.09. The highest BCUT2D eigenvalue weighted by molar-refractivity contribution is 6.03. The molecule has 0 aliphatic rings. The number of esters is 2. The molecular weight excluding hydrogens is 290 g/mol. The van der Waals surface area contributed by atoms with Crippen LogP contribution in [0.1, 0.15) is 60.8 Å². The van der Waals surface area contributed by atoms with Crippen LogP contribution in [0.5, 0.6) is 0 Å². The number of ether oxygens (including phenoxy) is 2. The Hall–Kier alpha value is -1.63. The zero-order chi connectivity index (χ0) is 17.8. The number of rotatable bonds is 6. The molecule has 0 heterocycles. The van der Waals surface area contributed by atoms with Gasteiger partial charge < -0.3 is 20.3 Å². The van der Waals surface area contributed by atoms with Gasteiger partial charge in [0.2, 0.25) is 5.54 Å². The summed E-state index contributed by atoms with van der Waals surface area (Å²) in [7, 11) is 0. The van der Waals surface area contributed by atoms with Gasteiger partial charge in [-0.15, -0.1) is 0 Å². The summed E-state index contributed by atoms with van der Waals surface area (Å²) in [5, 5.41) is 9.21. The van der Waals surface area contributed by atoms with Gasteiger partial charge >= 0.3 is 17.9 Å². The zero-order valence-electron chi connectivity index (χ0n) is 14.2. The fourth-order valence-electron chi connectivity index (χ4n) is 1.57. The van der Waals surface area contributed by atoms with E-state index in [0.29, 0.717) is 0 Å². The van der Waals surface area contributed by atoms with Crippen molar-refractivity contribution in [2.45, 2.75) is 77.5 Å². The Morgan fingerprint density at radius 2 is 1.41 bits per heavy atom. The minimum Gasteiger partial charge on any atom is -0.479 e. The van der Waals surface area contributed by atoms with E-state index in [-0.39, 0.29) is 19.3 Å². The molecule has 0 aromatic rings. The average Bonchev–Trinajstić information content (AvgIpc) is 2.23. The number of aliphatic carboxylic acids is 1. The SMILES string of the molecule is CC(C)(C)OC(=O)CCC[C@](N)(C(=O)O)C(=O)OC(C)(C)C. The normalized spacial score (nSPS) is 14.9. The van der Waals surface area contributed by atoms with E-state index < -0.39 is 34.6 Å². The van der Waals surface area contributed by atoms with Crippen LogP contribution in [-0.4, -0.2) is 39.8 Å². The molecule has 0 aliphatic carbocycles. The second-order valence-corrected chi connectivity index (χ2v) is 7.22. The third-order valence-electron chi connectivity index (χ3n) is 2.52. The number of carbonyl (C=O) groups is 3. The van der Waals surface area contributed by atoms with E-state index >= 15 is 0 Å². The van der Waals surface area contributed by atoms with Gasteiger partial charge in [-0.2, -0.15) is 0 Å². The van der Waals surface area contributed by atoms with Gasteiger partial charge in [0.15, 0.2) is 0 Å². The molecule has 22 heavy (non-hydrogen) atoms. The molecule has 1 atom stereocenters. The number of carboxylic acid groups (broad SMARTS) is 1. The van der Waals surface area contributed by atoms with Crippen LogP contribution in [0, 0.1) is 0 Å². The first-order valence-corrected chi connectivity index (χ1v) is 7.15. The maximum absolute atomic E-state index is 12.0. The van der Waals surface area contributed by atoms with E-state index in [1.807, 2.05) is 0 Å². The summed E-state index contributed by atoms with van der Waals surface area (Å²) < 4.78 is 10.2. The van der Waals surface area contributed by atoms with E-state index in [1.165, 1.54) is 0 Å². The molecule has 0 saturated heterocycles. The summed E-state index contributed by atoms with van der Waals surface area (Å²) in [5.74, 6) is -2.97. The molecule has 7 nitrogen and oxygen atoms in total. The highest BCUT2D eigenvalue weighted by atomic mass is 16.6. The molecule has 0 bridgehead atoms. The fraction of sp³-hybridized carbons (Fsp3) is 0.800. The van der Waals surface area contributed by atoms with Crippen LogP contribution in [0.25, 0.3) is 0 Å². The summed E-state index contributed by atoms with van der Waals surface area (Å²) in [4.78, 5) is 34.9. The van der Waals surface area contributed by atoms with Crippen molar-refractivity contribution in [3.05, 3.63) is 0 Å². The predicted octanol–water partition coefficient (Wildman–Crippen LogP) is 1.62. The van der Waals surface area contributed by atoms with Crippen molar-refractivity contribution in [1.82, 2.24) is 0 Å². The summed E-state index contributed by atoms with van der Waals surface area (Å²) >= 11 is 0. The molecule has 7 heteroatoms. The lowest BCUT2D eigenvalue weighted by molar-refractivity contribution is -0.170. The Morgan fingerprint density at radius 3 is 1.77 bits per heavy atom. The van der Waals surface area contributed by atoms with Crippen molar-refractivity contribution < 1.29 is 29.0 Å². The molecule has 0 rings (SSSR count). The Bertz CT molecular complexity index is 432. The molecule has 0 spiro atoms. The Labute approximate surface area is 131 Å². The monoisotopic (exact) mass is 317 g/mol. The molecule has 0 radical (unpaired) electrons. The minimum atomic E-state index is -2.17. The first kappa shape index (κ1) is 20.4. The van der Waals surface area contributed by atoms with Crippen LogP contribution in [0.15, 0.2) is 0 Å². The molecule has 0 aromatic heterocycles. The summed E-state index contributed by atoms with van der Waals surface area (Å²) in [6, 6.07) is 0. The highest BCUT2D eigenvalue weighted by Gasteiger charge is 2.45. The van der Waals surface area contributed by atoms with Gasteiger partial charge in [-0.3, -0.25) is 4.79 Å². The van der Waals surface area contributed by atoms with E-state index in [1.54, 1.807) is 41.5 Å². The topological polar surface area (TPSA) is 116 Å². The molecule has 0 amide bonds. The second-order valence-electron chi connectivity index (χ2n) is 7.22. The van der Waals surface area contributed by atoms with Gasteiger partial charge in [-0.25, -0.2) is 9.59 Å². The van der Waals surface area contributed by atoms with Gasteiger partial charge in [0.25, 0.3) is 0 Å². The highest BCUT2D eigenvalue weighted by Crippen LogP contribution is 2.19. The smallest absolute Gasteiger partial charge is 0.338 e. The predicted molar refractivity (Wildman–Crippen MR) is 80.1 cm³/mol. The lowest BCUT2D eigenvalue weighted by atomic mass is 9.93. The average molecular weight is 317 g/mol. The van der Waals surface area contributed by atoms with Gasteiger partial charge in [-0.1, -0.05) is 0 Å². The van der Waals surface area contributed by atoms with E-state index in [4.69, 9.17) is 15.2 Å². The van der Waals surface area contributed by atoms with Gasteiger partial charge in [0.05, 0.1) is 0 Å². The third kappa shape index (κ3) is 7.40. The Kier molecular flexibility index (Phi) is 6.56. The number of hydrogen-bond acceptors (Lipinski definition) is 6. The van der Waals surface area contributed by atoms with Crippen LogP contribution in [-0.2, 0) is 23.9 Å². The van der Waals surface area contributed by atoms with Crippen molar-refractivity contribution in [3.63, 3.8) is 0 Å². The maximum Gasteiger partial charge on any atom is 0.338 e. The minimum absolute atomic E-state index is 0.0215. The van der Waals surface area contributed by atoms with Crippen molar-refractivity contribution >= 4 is 17.9 Å². The molecule has 0 fully saturated rings. The van der Waals surface area contributed by atoms with Gasteiger partial charge in [0.1, 0.15) is 11.2 Å². The first-order chi connectivity index (χ1) is 9.67. The van der Waals surface area contributed by atoms with Gasteiger partial charge in [-0.05, 0) is 54.4 Å². The molecule has 0 aromatic carbocycles. The molecule has 0 aliphatic heterocycles. The van der Waals surface area contributed by atoms with E-state index in [2.05, 4.69) is 0 Å². The fourth-order valence-corrected chi connectivity index (χ4v) is 1.57. The summed E-state index contributed by atoms with van der Waals surface area (Å²) in [6.45, 7) is 10.1. The molecule has 3 N–H and O–H groups in total. The number of nitrogens with two attached hydrogens (primary N) is 1. The molecule has 0 saturated carbocycles. The van der Waals surface area contributed by atoms with Gasteiger partial charge in [0, 0.05) is 6.42 Å². The van der Waals surface area contributed by atoms with Crippen molar-refractivity contribution in [1.29, 1.82) is 0 Å². The number of carboxylic acids is 1. The van der Waals surface area contributed by atoms with Crippen molar-refractivity contribution in [3.8, 4) is 0 Å². The van der Waals surface area contributed by atoms with Crippen LogP contribution >= 0.6 is 0 Å². The van der Waals surface area contributed by atoms with Crippen molar-refractivity contribution in [2.24, 2.45) is 5.73 Å². The Morgan fingerprint density at radius 1 is 0.955 bits per heavy atom. The van der Waals surface area contributed by atoms with Crippen LogP contribution < -0.4 is 5.73 Å². The quantitative estimate of drug-likeness (QED) is 0.565. The van der Waals surface area contributed by atoms with Crippen LogP contribution in [0.4, 0.5) is 0 Å². The molecule has 0 unspecified atom stereocenters. The molecule has 128 valence electrons. The standard InChI is InChI=1S/C15H27NO6/c1-13(2,3)21-10(17)8-7-9-15(16,11(18)19)12(20)22-14(4,5)6/h7-9,16H2,1-6H3,(H,18,19)/t15-/m0/s1. The first-order valence-electron chi connectivity index (χ1n) is 7.15. The lowest BCUT2D eigenvalue weighted by Gasteiger charge is -2.28. The number of hydrogen-bond donors (Lipinski definition) is 2. The number of carbonyl (C=O) groups excluding carboxylic acids is 2. The van der Waals surface area contributed by atoms with Crippen LogP contribution in [0.3, 0.4) is 0 Å². The maximum atomic E-state index is 12.0. The Balaban J connectivity index is 4.69. The zero-order valence-corrected chi connectivity index (χ0v) is 14.2. The summed E-state index contributed by atoms with van der Waals surface area (Å²) in [6.07, 6.45) is -0.125. The van der Waals surface area contributed by atoms with Crippen LogP contribution in [0.2, 0.25) is 0 Å². The van der Waals surface area contributed by atoms with E-state index in [9.17, 15) is 19.5 Å². The molecular formula is C15H27NO6. The largest absolute Gasteiger partial charge is 0.479 e. The third-order valence-corrected chi connectivity index (χ3v) is 2.52. The van der Waals surface area contributed by atoms with E-state index in [0.717, 1.165) is 0 Å². The lowest BCUT2D eigenvalue weighted by Crippen LogP contribution is -2.57. The summed E-state index contributed by atoms with van der Waals surface area (Å²) in [5.41, 5.74) is 2.05.